The van der Waals surface area contributed by atoms with Gasteiger partial charge in [-0.05, 0) is 0 Å². The molecule has 0 aromatic heterocycles. The van der Waals surface area contributed by atoms with E-state index in [0.29, 0.717) is 0 Å². The van der Waals surface area contributed by atoms with Gasteiger partial charge in [0, 0.05) is 0 Å². The van der Waals surface area contributed by atoms with E-state index in [1.54, 1.807) is 0 Å². The molecule has 0 spiro atoms. The van der Waals surface area contributed by atoms with Crippen molar-refractivity contribution in [1.82, 2.24) is 0 Å². The van der Waals surface area contributed by atoms with Crippen LogP contribution in [0.5, 0.6) is 0 Å². The first-order valence-corrected chi connectivity index (χ1v) is 2.52. The molecule has 0 N–H and O–H groups in total. The lowest BCUT2D eigenvalue weighted by Gasteiger charge is -2.10. The number of ether oxygens (including phenoxy) is 3. The van der Waals surface area contributed by atoms with Crippen LogP contribution in [0.15, 0.2) is 0 Å². The molecule has 10 heavy (non-hydrogen) atoms. The maximum atomic E-state index is 11.3. The van der Waals surface area contributed by atoms with Crippen LogP contribution in [0.2, 0.25) is 0 Å². The summed E-state index contributed by atoms with van der Waals surface area (Å²) >= 11 is 0. The molecule has 1 unspecified atom stereocenters. The lowest BCUT2D eigenvalue weighted by atomic mass is 10.7. The summed E-state index contributed by atoms with van der Waals surface area (Å²) in [4.78, 5) is 0. The third-order valence-electron chi connectivity index (χ3n) is 0.856. The van der Waals surface area contributed by atoms with Crippen molar-refractivity contribution in [2.24, 2.45) is 0 Å². The fourth-order valence-corrected chi connectivity index (χ4v) is 0.534. The largest absolute Gasteiger partial charge is 0.524 e. The van der Waals surface area contributed by atoms with E-state index in [1.165, 1.54) is 0 Å². The maximum Gasteiger partial charge on any atom is 0.524 e. The Balaban J connectivity index is 2.24. The molecule has 1 rings (SSSR count). The molecule has 0 bridgehead atoms. The second-order valence-electron chi connectivity index (χ2n) is 1.65. The van der Waals surface area contributed by atoms with E-state index >= 15 is 0 Å². The fourth-order valence-electron chi connectivity index (χ4n) is 0.534. The second kappa shape index (κ2) is 2.73. The van der Waals surface area contributed by atoms with Crippen LogP contribution in [-0.2, 0) is 14.2 Å². The first kappa shape index (κ1) is 7.77. The standard InChI is InChI=1S/C4H5F3O3/c5-4(6,7)10-3-1-8-2-9-3/h3H,1-2H2. The molecule has 1 aliphatic heterocycles. The normalized spacial score (nSPS) is 27.3. The van der Waals surface area contributed by atoms with Crippen LogP contribution in [0.1, 0.15) is 0 Å². The van der Waals surface area contributed by atoms with E-state index in [2.05, 4.69) is 14.2 Å². The summed E-state index contributed by atoms with van der Waals surface area (Å²) < 4.78 is 46.3. The summed E-state index contributed by atoms with van der Waals surface area (Å²) in [5, 5.41) is 0. The molecule has 1 atom stereocenters. The smallest absolute Gasteiger partial charge is 0.350 e. The van der Waals surface area contributed by atoms with Crippen molar-refractivity contribution in [1.29, 1.82) is 0 Å². The molecule has 60 valence electrons. The molecule has 0 saturated carbocycles. The van der Waals surface area contributed by atoms with Gasteiger partial charge in [-0.2, -0.15) is 0 Å². The Morgan fingerprint density at radius 1 is 1.40 bits per heavy atom. The van der Waals surface area contributed by atoms with Crippen LogP contribution in [0.4, 0.5) is 13.2 Å². The SMILES string of the molecule is FC(F)(F)OC1COCO1. The summed E-state index contributed by atoms with van der Waals surface area (Å²) in [6.45, 7) is -0.305. The fraction of sp³-hybridized carbons (Fsp3) is 1.00. The third kappa shape index (κ3) is 2.51. The highest BCUT2D eigenvalue weighted by Crippen LogP contribution is 2.20. The highest BCUT2D eigenvalue weighted by molar-refractivity contribution is 4.46. The Hall–Kier alpha value is -0.330. The van der Waals surface area contributed by atoms with Gasteiger partial charge in [-0.3, -0.25) is 4.74 Å². The highest BCUT2D eigenvalue weighted by Gasteiger charge is 2.35. The van der Waals surface area contributed by atoms with Crippen molar-refractivity contribution in [3.63, 3.8) is 0 Å². The maximum absolute atomic E-state index is 11.3. The van der Waals surface area contributed by atoms with Crippen molar-refractivity contribution in [3.05, 3.63) is 0 Å². The topological polar surface area (TPSA) is 27.7 Å². The molecule has 1 fully saturated rings. The summed E-state index contributed by atoms with van der Waals surface area (Å²) in [6.07, 6.45) is -5.93. The van der Waals surface area contributed by atoms with Crippen LogP contribution >= 0.6 is 0 Å². The van der Waals surface area contributed by atoms with Crippen LogP contribution in [0, 0.1) is 0 Å². The van der Waals surface area contributed by atoms with E-state index < -0.39 is 12.7 Å². The van der Waals surface area contributed by atoms with Crippen molar-refractivity contribution >= 4 is 0 Å². The molecule has 0 aliphatic carbocycles. The number of rotatable bonds is 1. The highest BCUT2D eigenvalue weighted by atomic mass is 19.4. The van der Waals surface area contributed by atoms with Gasteiger partial charge in [-0.1, -0.05) is 0 Å². The molecule has 1 aliphatic rings. The molecular weight excluding hydrogens is 153 g/mol. The van der Waals surface area contributed by atoms with E-state index in [0.717, 1.165) is 0 Å². The lowest BCUT2D eigenvalue weighted by molar-refractivity contribution is -0.370. The monoisotopic (exact) mass is 158 g/mol. The van der Waals surface area contributed by atoms with Gasteiger partial charge in [0.05, 0.1) is 0 Å². The van der Waals surface area contributed by atoms with Crippen molar-refractivity contribution in [3.8, 4) is 0 Å². The second-order valence-corrected chi connectivity index (χ2v) is 1.65. The van der Waals surface area contributed by atoms with E-state index in [9.17, 15) is 13.2 Å². The number of hydrogen-bond acceptors (Lipinski definition) is 3. The zero-order chi connectivity index (χ0) is 7.61. The van der Waals surface area contributed by atoms with Gasteiger partial charge in [0.1, 0.15) is 13.4 Å². The Kier molecular flexibility index (Phi) is 2.12. The Labute approximate surface area is 54.7 Å². The van der Waals surface area contributed by atoms with Gasteiger partial charge in [0.25, 0.3) is 0 Å². The van der Waals surface area contributed by atoms with Crippen LogP contribution < -0.4 is 0 Å². The molecule has 1 saturated heterocycles. The Bertz CT molecular complexity index is 107. The van der Waals surface area contributed by atoms with Gasteiger partial charge in [-0.25, -0.2) is 0 Å². The van der Waals surface area contributed by atoms with Crippen molar-refractivity contribution in [2.45, 2.75) is 12.7 Å². The molecule has 0 radical (unpaired) electrons. The minimum Gasteiger partial charge on any atom is -0.350 e. The van der Waals surface area contributed by atoms with Crippen molar-refractivity contribution in [2.75, 3.05) is 13.4 Å². The average molecular weight is 158 g/mol. The van der Waals surface area contributed by atoms with Crippen LogP contribution in [0.3, 0.4) is 0 Å². The van der Waals surface area contributed by atoms with Gasteiger partial charge in [0.2, 0.25) is 0 Å². The van der Waals surface area contributed by atoms with E-state index in [4.69, 9.17) is 0 Å². The van der Waals surface area contributed by atoms with E-state index in [-0.39, 0.29) is 13.4 Å². The molecule has 0 amide bonds. The lowest BCUT2D eigenvalue weighted by Crippen LogP contribution is -2.24. The minimum atomic E-state index is -4.64. The van der Waals surface area contributed by atoms with Gasteiger partial charge in [0.15, 0.2) is 6.29 Å². The Morgan fingerprint density at radius 2 is 2.10 bits per heavy atom. The summed E-state index contributed by atoms with van der Waals surface area (Å²) in [6, 6.07) is 0. The molecule has 0 aromatic rings. The molecular formula is C4H5F3O3. The molecule has 6 heteroatoms. The first-order valence-electron chi connectivity index (χ1n) is 2.52. The van der Waals surface area contributed by atoms with Gasteiger partial charge < -0.3 is 9.47 Å². The predicted molar refractivity (Wildman–Crippen MR) is 22.8 cm³/mol. The zero-order valence-electron chi connectivity index (χ0n) is 4.85. The molecule has 0 aromatic carbocycles. The zero-order valence-corrected chi connectivity index (χ0v) is 4.85. The molecule has 3 nitrogen and oxygen atoms in total. The number of alkyl halides is 3. The van der Waals surface area contributed by atoms with Gasteiger partial charge in [-0.15, -0.1) is 13.2 Å². The Morgan fingerprint density at radius 3 is 2.50 bits per heavy atom. The van der Waals surface area contributed by atoms with Crippen LogP contribution in [-0.4, -0.2) is 26.1 Å². The van der Waals surface area contributed by atoms with Gasteiger partial charge >= 0.3 is 6.36 Å². The molecule has 1 heterocycles. The average Bonchev–Trinajstić information content (AvgIpc) is 2.12. The number of halogens is 3. The van der Waals surface area contributed by atoms with E-state index in [1.807, 2.05) is 0 Å². The summed E-state index contributed by atoms with van der Waals surface area (Å²) in [5.74, 6) is 0. The number of hydrogen-bond donors (Lipinski definition) is 0. The quantitative estimate of drug-likeness (QED) is 0.566. The van der Waals surface area contributed by atoms with Crippen LogP contribution in [0.25, 0.3) is 0 Å². The first-order chi connectivity index (χ1) is 4.58. The van der Waals surface area contributed by atoms with Crippen molar-refractivity contribution < 1.29 is 27.4 Å². The minimum absolute atomic E-state index is 0.138. The summed E-state index contributed by atoms with van der Waals surface area (Å²) in [7, 11) is 0. The summed E-state index contributed by atoms with van der Waals surface area (Å²) in [5.41, 5.74) is 0. The third-order valence-corrected chi connectivity index (χ3v) is 0.856. The predicted octanol–water partition coefficient (Wildman–Crippen LogP) is 0.853.